The van der Waals surface area contributed by atoms with Gasteiger partial charge in [0.2, 0.25) is 0 Å². The molecule has 0 atom stereocenters. The van der Waals surface area contributed by atoms with E-state index in [0.29, 0.717) is 19.7 Å². The maximum Gasteiger partial charge on any atom is 0.258 e. The van der Waals surface area contributed by atoms with Crippen LogP contribution in [0, 0.1) is 0 Å². The van der Waals surface area contributed by atoms with Gasteiger partial charge in [-0.15, -0.1) is 0 Å². The Balaban J connectivity index is 2.51. The molecule has 0 bridgehead atoms. The average Bonchev–Trinajstić information content (AvgIpc) is 2.44. The summed E-state index contributed by atoms with van der Waals surface area (Å²) in [5.74, 6) is 0.565. The summed E-state index contributed by atoms with van der Waals surface area (Å²) in [5, 5.41) is 5.96. The van der Waals surface area contributed by atoms with Gasteiger partial charge in [0.1, 0.15) is 5.75 Å². The van der Waals surface area contributed by atoms with Crippen molar-refractivity contribution in [3.8, 4) is 5.75 Å². The third kappa shape index (κ3) is 6.36. The van der Waals surface area contributed by atoms with Crippen molar-refractivity contribution in [1.82, 2.24) is 10.6 Å². The lowest BCUT2D eigenvalue weighted by atomic mass is 10.2. The van der Waals surface area contributed by atoms with Gasteiger partial charge in [0.05, 0.1) is 6.61 Å². The number of carbonyl (C=O) groups excluding carboxylic acids is 1. The van der Waals surface area contributed by atoms with Gasteiger partial charge in [-0.1, -0.05) is 22.9 Å². The van der Waals surface area contributed by atoms with Crippen LogP contribution in [0.4, 0.5) is 0 Å². The van der Waals surface area contributed by atoms with Gasteiger partial charge in [0.15, 0.2) is 6.61 Å². The van der Waals surface area contributed by atoms with E-state index in [0.717, 1.165) is 22.3 Å². The molecule has 0 aliphatic heterocycles. The van der Waals surface area contributed by atoms with Crippen LogP contribution < -0.4 is 15.4 Å². The molecule has 1 aromatic carbocycles. The molecule has 0 fully saturated rings. The van der Waals surface area contributed by atoms with Gasteiger partial charge in [0.25, 0.3) is 5.91 Å². The van der Waals surface area contributed by atoms with Crippen molar-refractivity contribution in [2.45, 2.75) is 13.5 Å². The molecule has 0 saturated carbocycles. The van der Waals surface area contributed by atoms with Crippen LogP contribution in [0.2, 0.25) is 0 Å². The first kappa shape index (κ1) is 16.9. The molecule has 6 heteroatoms. The minimum absolute atomic E-state index is 0.00444. The molecule has 0 heterocycles. The Morgan fingerprint density at radius 3 is 2.90 bits per heavy atom. The SMILES string of the molecule is CCNCc1cc(Br)ccc1OCC(=O)NCCOC. The second kappa shape index (κ2) is 9.74. The van der Waals surface area contributed by atoms with E-state index in [1.807, 2.05) is 25.1 Å². The van der Waals surface area contributed by atoms with Crippen LogP contribution >= 0.6 is 15.9 Å². The van der Waals surface area contributed by atoms with E-state index in [1.54, 1.807) is 7.11 Å². The standard InChI is InChI=1S/C14H21BrN2O3/c1-3-16-9-11-8-12(15)4-5-13(11)20-10-14(18)17-6-7-19-2/h4-5,8,16H,3,6-7,9-10H2,1-2H3,(H,17,18). The number of hydrogen-bond acceptors (Lipinski definition) is 4. The summed E-state index contributed by atoms with van der Waals surface area (Å²) in [4.78, 5) is 11.6. The third-order valence-electron chi connectivity index (χ3n) is 2.58. The quantitative estimate of drug-likeness (QED) is 0.669. The van der Waals surface area contributed by atoms with E-state index in [4.69, 9.17) is 9.47 Å². The maximum atomic E-state index is 11.6. The van der Waals surface area contributed by atoms with E-state index in [-0.39, 0.29) is 12.5 Å². The van der Waals surface area contributed by atoms with Crippen molar-refractivity contribution < 1.29 is 14.3 Å². The molecule has 5 nitrogen and oxygen atoms in total. The normalized spacial score (nSPS) is 10.3. The fourth-order valence-corrected chi connectivity index (χ4v) is 1.98. The Kier molecular flexibility index (Phi) is 8.25. The highest BCUT2D eigenvalue weighted by Gasteiger charge is 2.07. The average molecular weight is 345 g/mol. The summed E-state index contributed by atoms with van der Waals surface area (Å²) in [6.45, 7) is 4.62. The van der Waals surface area contributed by atoms with Crippen LogP contribution in [0.5, 0.6) is 5.75 Å². The van der Waals surface area contributed by atoms with E-state index < -0.39 is 0 Å². The predicted molar refractivity (Wildman–Crippen MR) is 81.9 cm³/mol. The van der Waals surface area contributed by atoms with Crippen LogP contribution in [-0.2, 0) is 16.1 Å². The molecule has 1 amide bonds. The van der Waals surface area contributed by atoms with Gasteiger partial charge in [0, 0.05) is 30.2 Å². The zero-order valence-corrected chi connectivity index (χ0v) is 13.5. The largest absolute Gasteiger partial charge is 0.483 e. The first-order valence-electron chi connectivity index (χ1n) is 6.55. The highest BCUT2D eigenvalue weighted by Crippen LogP contribution is 2.23. The first-order chi connectivity index (χ1) is 9.67. The lowest BCUT2D eigenvalue weighted by molar-refractivity contribution is -0.123. The number of hydrogen-bond donors (Lipinski definition) is 2. The van der Waals surface area contributed by atoms with E-state index in [9.17, 15) is 4.79 Å². The van der Waals surface area contributed by atoms with E-state index in [2.05, 4.69) is 26.6 Å². The molecule has 0 aliphatic carbocycles. The lowest BCUT2D eigenvalue weighted by Crippen LogP contribution is -2.31. The van der Waals surface area contributed by atoms with Gasteiger partial charge in [-0.3, -0.25) is 4.79 Å². The number of amides is 1. The molecule has 0 unspecified atom stereocenters. The molecule has 2 N–H and O–H groups in total. The Hall–Kier alpha value is -1.11. The zero-order chi connectivity index (χ0) is 14.8. The number of carbonyl (C=O) groups is 1. The van der Waals surface area contributed by atoms with Crippen molar-refractivity contribution in [3.63, 3.8) is 0 Å². The molecule has 0 spiro atoms. The fourth-order valence-electron chi connectivity index (χ4n) is 1.57. The van der Waals surface area contributed by atoms with Crippen LogP contribution in [-0.4, -0.2) is 39.3 Å². The monoisotopic (exact) mass is 344 g/mol. The first-order valence-corrected chi connectivity index (χ1v) is 7.34. The molecule has 0 aromatic heterocycles. The molecule has 0 saturated heterocycles. The van der Waals surface area contributed by atoms with Crippen LogP contribution in [0.15, 0.2) is 22.7 Å². The topological polar surface area (TPSA) is 59.6 Å². The second-order valence-corrected chi connectivity index (χ2v) is 5.08. The molecular formula is C14H21BrN2O3. The Labute approximate surface area is 128 Å². The van der Waals surface area contributed by atoms with Gasteiger partial charge in [-0.2, -0.15) is 0 Å². The molecule has 0 aliphatic rings. The highest BCUT2D eigenvalue weighted by atomic mass is 79.9. The molecule has 1 rings (SSSR count). The number of methoxy groups -OCH3 is 1. The van der Waals surface area contributed by atoms with Gasteiger partial charge < -0.3 is 20.1 Å². The second-order valence-electron chi connectivity index (χ2n) is 4.16. The van der Waals surface area contributed by atoms with E-state index in [1.165, 1.54) is 0 Å². The minimum atomic E-state index is -0.153. The van der Waals surface area contributed by atoms with Crippen LogP contribution in [0.1, 0.15) is 12.5 Å². The predicted octanol–water partition coefficient (Wildman–Crippen LogP) is 1.70. The lowest BCUT2D eigenvalue weighted by Gasteiger charge is -2.12. The van der Waals surface area contributed by atoms with Crippen LogP contribution in [0.3, 0.4) is 0 Å². The van der Waals surface area contributed by atoms with Crippen molar-refractivity contribution in [3.05, 3.63) is 28.2 Å². The number of benzene rings is 1. The van der Waals surface area contributed by atoms with Crippen LogP contribution in [0.25, 0.3) is 0 Å². The zero-order valence-electron chi connectivity index (χ0n) is 11.9. The van der Waals surface area contributed by atoms with Gasteiger partial charge >= 0.3 is 0 Å². The summed E-state index contributed by atoms with van der Waals surface area (Å²) >= 11 is 3.43. The fraction of sp³-hybridized carbons (Fsp3) is 0.500. The Bertz CT molecular complexity index is 427. The van der Waals surface area contributed by atoms with Crippen molar-refractivity contribution in [2.75, 3.05) is 33.4 Å². The minimum Gasteiger partial charge on any atom is -0.483 e. The molecule has 0 radical (unpaired) electrons. The third-order valence-corrected chi connectivity index (χ3v) is 3.07. The Morgan fingerprint density at radius 1 is 1.40 bits per heavy atom. The number of nitrogens with one attached hydrogen (secondary N) is 2. The number of ether oxygens (including phenoxy) is 2. The smallest absolute Gasteiger partial charge is 0.258 e. The number of halogens is 1. The molecular weight excluding hydrogens is 324 g/mol. The van der Waals surface area contributed by atoms with Gasteiger partial charge in [-0.25, -0.2) is 0 Å². The summed E-state index contributed by atoms with van der Waals surface area (Å²) in [6, 6.07) is 5.74. The summed E-state index contributed by atoms with van der Waals surface area (Å²) in [7, 11) is 1.59. The highest BCUT2D eigenvalue weighted by molar-refractivity contribution is 9.10. The summed E-state index contributed by atoms with van der Waals surface area (Å²) in [5.41, 5.74) is 1.02. The number of rotatable bonds is 9. The van der Waals surface area contributed by atoms with Crippen molar-refractivity contribution in [1.29, 1.82) is 0 Å². The van der Waals surface area contributed by atoms with Gasteiger partial charge in [-0.05, 0) is 24.7 Å². The summed E-state index contributed by atoms with van der Waals surface area (Å²) in [6.07, 6.45) is 0. The molecule has 1 aromatic rings. The van der Waals surface area contributed by atoms with Crippen molar-refractivity contribution in [2.24, 2.45) is 0 Å². The van der Waals surface area contributed by atoms with Crippen molar-refractivity contribution >= 4 is 21.8 Å². The van der Waals surface area contributed by atoms with E-state index >= 15 is 0 Å². The molecule has 112 valence electrons. The Morgan fingerprint density at radius 2 is 2.20 bits per heavy atom. The maximum absolute atomic E-state index is 11.6. The summed E-state index contributed by atoms with van der Waals surface area (Å²) < 4.78 is 11.4. The molecule has 20 heavy (non-hydrogen) atoms.